The molecular weight excluding hydrogens is 238 g/mol. The number of nitrogens with zero attached hydrogens (tertiary/aromatic N) is 1. The van der Waals surface area contributed by atoms with E-state index < -0.39 is 0 Å². The highest BCUT2D eigenvalue weighted by atomic mass is 16.3. The molecule has 1 aromatic rings. The van der Waals surface area contributed by atoms with Gasteiger partial charge in [0.05, 0.1) is 13.2 Å². The molecule has 0 atom stereocenters. The average molecular weight is 261 g/mol. The number of hydrogen-bond acceptors (Lipinski definition) is 3. The molecule has 0 radical (unpaired) electrons. The number of hydrogen-bond donors (Lipinski definition) is 2. The van der Waals surface area contributed by atoms with Gasteiger partial charge in [-0.1, -0.05) is 30.9 Å². The van der Waals surface area contributed by atoms with Gasteiger partial charge in [-0.3, -0.25) is 4.90 Å². The van der Waals surface area contributed by atoms with E-state index in [0.717, 1.165) is 25.1 Å². The minimum absolute atomic E-state index is 0.105. The van der Waals surface area contributed by atoms with E-state index in [1.807, 2.05) is 12.1 Å². The SMILES string of the molecule is CCCN(CCO)Cc1cccc(C#CCCO)c1. The molecule has 3 heteroatoms. The van der Waals surface area contributed by atoms with E-state index in [1.165, 1.54) is 5.56 Å². The second-order valence-electron chi connectivity index (χ2n) is 4.48. The van der Waals surface area contributed by atoms with Crippen molar-refractivity contribution in [3.63, 3.8) is 0 Å². The van der Waals surface area contributed by atoms with Gasteiger partial charge >= 0.3 is 0 Å². The molecular formula is C16H23NO2. The Morgan fingerprint density at radius 1 is 1.16 bits per heavy atom. The fourth-order valence-corrected chi connectivity index (χ4v) is 1.95. The van der Waals surface area contributed by atoms with Gasteiger partial charge in [-0.2, -0.15) is 0 Å². The molecule has 0 bridgehead atoms. The molecule has 19 heavy (non-hydrogen) atoms. The molecule has 0 saturated carbocycles. The Hall–Kier alpha value is -1.34. The fraction of sp³-hybridized carbons (Fsp3) is 0.500. The smallest absolute Gasteiger partial charge is 0.0558 e. The number of benzene rings is 1. The van der Waals surface area contributed by atoms with Crippen molar-refractivity contribution in [2.45, 2.75) is 26.3 Å². The van der Waals surface area contributed by atoms with E-state index in [-0.39, 0.29) is 13.2 Å². The van der Waals surface area contributed by atoms with Crippen molar-refractivity contribution in [1.82, 2.24) is 4.90 Å². The van der Waals surface area contributed by atoms with Crippen molar-refractivity contribution in [3.8, 4) is 11.8 Å². The summed E-state index contributed by atoms with van der Waals surface area (Å²) in [7, 11) is 0. The van der Waals surface area contributed by atoms with Crippen molar-refractivity contribution in [2.24, 2.45) is 0 Å². The summed E-state index contributed by atoms with van der Waals surface area (Å²) in [5, 5.41) is 17.8. The van der Waals surface area contributed by atoms with Crippen LogP contribution in [0.2, 0.25) is 0 Å². The van der Waals surface area contributed by atoms with E-state index in [4.69, 9.17) is 10.2 Å². The molecule has 0 aromatic heterocycles. The third-order valence-corrected chi connectivity index (χ3v) is 2.76. The second-order valence-corrected chi connectivity index (χ2v) is 4.48. The van der Waals surface area contributed by atoms with Crippen molar-refractivity contribution in [2.75, 3.05) is 26.3 Å². The quantitative estimate of drug-likeness (QED) is 0.733. The fourth-order valence-electron chi connectivity index (χ4n) is 1.95. The molecule has 0 spiro atoms. The van der Waals surface area contributed by atoms with E-state index in [2.05, 4.69) is 35.8 Å². The topological polar surface area (TPSA) is 43.7 Å². The largest absolute Gasteiger partial charge is 0.395 e. The van der Waals surface area contributed by atoms with Crippen LogP contribution in [0.15, 0.2) is 24.3 Å². The maximum Gasteiger partial charge on any atom is 0.0558 e. The molecule has 0 aliphatic carbocycles. The molecule has 0 aliphatic heterocycles. The van der Waals surface area contributed by atoms with Crippen LogP contribution in [0.1, 0.15) is 30.9 Å². The van der Waals surface area contributed by atoms with Gasteiger partial charge in [0, 0.05) is 25.1 Å². The monoisotopic (exact) mass is 261 g/mol. The van der Waals surface area contributed by atoms with E-state index >= 15 is 0 Å². The Morgan fingerprint density at radius 3 is 2.68 bits per heavy atom. The zero-order valence-corrected chi connectivity index (χ0v) is 11.6. The van der Waals surface area contributed by atoms with Crippen LogP contribution in [0, 0.1) is 11.8 Å². The van der Waals surface area contributed by atoms with Crippen LogP contribution in [0.25, 0.3) is 0 Å². The molecule has 104 valence electrons. The summed E-state index contributed by atoms with van der Waals surface area (Å²) in [4.78, 5) is 2.24. The van der Waals surface area contributed by atoms with E-state index in [1.54, 1.807) is 0 Å². The highest BCUT2D eigenvalue weighted by Gasteiger charge is 2.04. The molecule has 3 nitrogen and oxygen atoms in total. The molecule has 1 rings (SSSR count). The molecule has 0 amide bonds. The van der Waals surface area contributed by atoms with E-state index in [9.17, 15) is 0 Å². The Kier molecular flexibility index (Phi) is 7.92. The zero-order chi connectivity index (χ0) is 13.9. The summed E-state index contributed by atoms with van der Waals surface area (Å²) in [5.41, 5.74) is 2.18. The van der Waals surface area contributed by atoms with Gasteiger partial charge in [0.25, 0.3) is 0 Å². The Balaban J connectivity index is 2.67. The van der Waals surface area contributed by atoms with Gasteiger partial charge in [0.2, 0.25) is 0 Å². The number of aliphatic hydroxyl groups is 2. The van der Waals surface area contributed by atoms with Gasteiger partial charge in [0.1, 0.15) is 0 Å². The summed E-state index contributed by atoms with van der Waals surface area (Å²) in [5.74, 6) is 5.97. The van der Waals surface area contributed by atoms with Crippen LogP contribution < -0.4 is 0 Å². The van der Waals surface area contributed by atoms with Crippen LogP contribution in [0.3, 0.4) is 0 Å². The van der Waals surface area contributed by atoms with Crippen LogP contribution in [-0.2, 0) is 6.54 Å². The first-order chi connectivity index (χ1) is 9.30. The van der Waals surface area contributed by atoms with Gasteiger partial charge < -0.3 is 10.2 Å². The zero-order valence-electron chi connectivity index (χ0n) is 11.6. The van der Waals surface area contributed by atoms with E-state index in [0.29, 0.717) is 13.0 Å². The lowest BCUT2D eigenvalue weighted by Crippen LogP contribution is -2.27. The van der Waals surface area contributed by atoms with Crippen molar-refractivity contribution >= 4 is 0 Å². The highest BCUT2D eigenvalue weighted by Crippen LogP contribution is 2.08. The molecule has 0 fully saturated rings. The molecule has 0 aliphatic rings. The summed E-state index contributed by atoms with van der Waals surface area (Å²) < 4.78 is 0. The van der Waals surface area contributed by atoms with Gasteiger partial charge in [-0.05, 0) is 30.7 Å². The van der Waals surface area contributed by atoms with Crippen LogP contribution >= 0.6 is 0 Å². The third kappa shape index (κ3) is 6.40. The lowest BCUT2D eigenvalue weighted by molar-refractivity contribution is 0.190. The molecule has 0 saturated heterocycles. The predicted molar refractivity (Wildman–Crippen MR) is 77.7 cm³/mol. The first kappa shape index (κ1) is 15.7. The van der Waals surface area contributed by atoms with Crippen LogP contribution in [0.4, 0.5) is 0 Å². The van der Waals surface area contributed by atoms with Crippen LogP contribution in [-0.4, -0.2) is 41.4 Å². The summed E-state index contributed by atoms with van der Waals surface area (Å²) >= 11 is 0. The lowest BCUT2D eigenvalue weighted by Gasteiger charge is -2.20. The third-order valence-electron chi connectivity index (χ3n) is 2.76. The predicted octanol–water partition coefficient (Wildman–Crippen LogP) is 1.62. The lowest BCUT2D eigenvalue weighted by atomic mass is 10.1. The summed E-state index contributed by atoms with van der Waals surface area (Å²) in [6, 6.07) is 8.13. The first-order valence-electron chi connectivity index (χ1n) is 6.82. The summed E-state index contributed by atoms with van der Waals surface area (Å²) in [6.45, 7) is 4.96. The molecule has 1 aromatic carbocycles. The second kappa shape index (κ2) is 9.57. The average Bonchev–Trinajstić information content (AvgIpc) is 2.40. The minimum Gasteiger partial charge on any atom is -0.395 e. The Bertz CT molecular complexity index is 414. The maximum atomic E-state index is 9.05. The Morgan fingerprint density at radius 2 is 2.00 bits per heavy atom. The minimum atomic E-state index is 0.105. The highest BCUT2D eigenvalue weighted by molar-refractivity contribution is 5.37. The van der Waals surface area contributed by atoms with Crippen molar-refractivity contribution in [1.29, 1.82) is 0 Å². The van der Waals surface area contributed by atoms with Crippen molar-refractivity contribution in [3.05, 3.63) is 35.4 Å². The van der Waals surface area contributed by atoms with Gasteiger partial charge in [-0.15, -0.1) is 0 Å². The van der Waals surface area contributed by atoms with Gasteiger partial charge in [0.15, 0.2) is 0 Å². The molecule has 0 heterocycles. The number of rotatable bonds is 7. The Labute approximate surface area is 115 Å². The van der Waals surface area contributed by atoms with Crippen molar-refractivity contribution < 1.29 is 10.2 Å². The van der Waals surface area contributed by atoms with Crippen LogP contribution in [0.5, 0.6) is 0 Å². The molecule has 2 N–H and O–H groups in total. The van der Waals surface area contributed by atoms with Gasteiger partial charge in [-0.25, -0.2) is 0 Å². The normalized spacial score (nSPS) is 10.3. The molecule has 0 unspecified atom stereocenters. The number of aliphatic hydroxyl groups excluding tert-OH is 2. The maximum absolute atomic E-state index is 9.05. The standard InChI is InChI=1S/C16H23NO2/c1-2-9-17(10-12-19)14-16-8-5-7-15(13-16)6-3-4-11-18/h5,7-8,13,18-19H,2,4,9-12,14H2,1H3. The summed E-state index contributed by atoms with van der Waals surface area (Å²) in [6.07, 6.45) is 1.59. The first-order valence-corrected chi connectivity index (χ1v) is 6.82.